The van der Waals surface area contributed by atoms with Crippen molar-refractivity contribution in [2.45, 2.75) is 18.9 Å². The Morgan fingerprint density at radius 3 is 2.67 bits per heavy atom. The third-order valence-corrected chi connectivity index (χ3v) is 3.33. The van der Waals surface area contributed by atoms with Gasteiger partial charge in [0.1, 0.15) is 5.82 Å². The number of carboxylic acid groups (broad SMARTS) is 1. The Kier molecular flexibility index (Phi) is 3.81. The van der Waals surface area contributed by atoms with Gasteiger partial charge in [0.05, 0.1) is 5.56 Å². The molecule has 0 radical (unpaired) electrons. The number of hydrogen-bond acceptors (Lipinski definition) is 3. The van der Waals surface area contributed by atoms with Gasteiger partial charge in [0.2, 0.25) is 0 Å². The molecular formula is C13H16FNO3. The highest BCUT2D eigenvalue weighted by Gasteiger charge is 2.20. The summed E-state index contributed by atoms with van der Waals surface area (Å²) in [5.41, 5.74) is 0.406. The van der Waals surface area contributed by atoms with Gasteiger partial charge in [0.25, 0.3) is 0 Å². The Bertz CT molecular complexity index is 444. The molecule has 0 spiro atoms. The van der Waals surface area contributed by atoms with Crippen LogP contribution in [0.25, 0.3) is 0 Å². The smallest absolute Gasteiger partial charge is 0.338 e. The number of halogens is 1. The number of anilines is 1. The first-order chi connectivity index (χ1) is 8.59. The summed E-state index contributed by atoms with van der Waals surface area (Å²) >= 11 is 0. The Morgan fingerprint density at radius 1 is 1.44 bits per heavy atom. The number of hydrogen-bond donors (Lipinski definition) is 1. The summed E-state index contributed by atoms with van der Waals surface area (Å²) < 4.78 is 18.9. The van der Waals surface area contributed by atoms with Crippen LogP contribution in [0.2, 0.25) is 0 Å². The Morgan fingerprint density at radius 2 is 2.11 bits per heavy atom. The van der Waals surface area contributed by atoms with E-state index in [-0.39, 0.29) is 5.56 Å². The first-order valence-electron chi connectivity index (χ1n) is 5.93. The van der Waals surface area contributed by atoms with Gasteiger partial charge in [-0.2, -0.15) is 0 Å². The largest absolute Gasteiger partial charge is 0.478 e. The second kappa shape index (κ2) is 5.35. The number of nitrogens with zero attached hydrogens (tertiary/aromatic N) is 1. The molecule has 0 aromatic heterocycles. The van der Waals surface area contributed by atoms with Crippen molar-refractivity contribution < 1.29 is 19.0 Å². The molecule has 1 aromatic carbocycles. The van der Waals surface area contributed by atoms with Crippen LogP contribution in [0.4, 0.5) is 10.1 Å². The highest BCUT2D eigenvalue weighted by atomic mass is 19.1. The van der Waals surface area contributed by atoms with E-state index >= 15 is 0 Å². The number of carbonyl (C=O) groups is 1. The molecule has 0 bridgehead atoms. The normalized spacial score (nSPS) is 16.6. The van der Waals surface area contributed by atoms with E-state index in [1.165, 1.54) is 12.1 Å². The first-order valence-corrected chi connectivity index (χ1v) is 5.93. The third kappa shape index (κ3) is 2.61. The van der Waals surface area contributed by atoms with E-state index in [4.69, 9.17) is 9.84 Å². The van der Waals surface area contributed by atoms with Crippen molar-refractivity contribution in [3.8, 4) is 0 Å². The molecule has 1 fully saturated rings. The molecule has 18 heavy (non-hydrogen) atoms. The zero-order valence-corrected chi connectivity index (χ0v) is 10.2. The van der Waals surface area contributed by atoms with Crippen LogP contribution in [-0.2, 0) is 4.74 Å². The highest BCUT2D eigenvalue weighted by molar-refractivity contribution is 5.88. The van der Waals surface area contributed by atoms with E-state index in [1.807, 2.05) is 11.9 Å². The van der Waals surface area contributed by atoms with Gasteiger partial charge in [-0.05, 0) is 31.0 Å². The monoisotopic (exact) mass is 253 g/mol. The lowest BCUT2D eigenvalue weighted by Crippen LogP contribution is -2.36. The molecule has 0 saturated carbocycles. The van der Waals surface area contributed by atoms with Gasteiger partial charge in [-0.25, -0.2) is 9.18 Å². The van der Waals surface area contributed by atoms with Gasteiger partial charge in [-0.3, -0.25) is 0 Å². The molecule has 5 heteroatoms. The minimum atomic E-state index is -1.24. The number of carboxylic acids is 1. The Labute approximate surface area is 105 Å². The molecule has 98 valence electrons. The maximum absolute atomic E-state index is 13.6. The Balaban J connectivity index is 2.17. The topological polar surface area (TPSA) is 49.8 Å². The van der Waals surface area contributed by atoms with Crippen LogP contribution in [-0.4, -0.2) is 37.4 Å². The molecule has 0 unspecified atom stereocenters. The molecule has 1 saturated heterocycles. The molecule has 0 aliphatic carbocycles. The average molecular weight is 253 g/mol. The molecule has 1 aliphatic rings. The lowest BCUT2D eigenvalue weighted by molar-refractivity contribution is 0.0692. The van der Waals surface area contributed by atoms with Gasteiger partial charge in [-0.15, -0.1) is 0 Å². The SMILES string of the molecule is CN(c1ccc(C(=O)O)c(F)c1)C1CCOCC1. The summed E-state index contributed by atoms with van der Waals surface area (Å²) in [6.07, 6.45) is 1.80. The standard InChI is InChI=1S/C13H16FNO3/c1-15(9-4-6-18-7-5-9)10-2-3-11(13(16)17)12(14)8-10/h2-3,8-9H,4-7H2,1H3,(H,16,17). The number of rotatable bonds is 3. The molecule has 0 amide bonds. The molecule has 1 N–H and O–H groups in total. The van der Waals surface area contributed by atoms with Crippen molar-refractivity contribution in [1.82, 2.24) is 0 Å². The minimum Gasteiger partial charge on any atom is -0.478 e. The van der Waals surface area contributed by atoms with E-state index in [0.29, 0.717) is 24.9 Å². The second-order valence-electron chi connectivity index (χ2n) is 4.42. The van der Waals surface area contributed by atoms with E-state index in [1.54, 1.807) is 6.07 Å². The van der Waals surface area contributed by atoms with E-state index < -0.39 is 11.8 Å². The van der Waals surface area contributed by atoms with Crippen molar-refractivity contribution in [2.24, 2.45) is 0 Å². The number of aromatic carboxylic acids is 1. The summed E-state index contributed by atoms with van der Waals surface area (Å²) in [4.78, 5) is 12.7. The van der Waals surface area contributed by atoms with E-state index in [2.05, 4.69) is 0 Å². The zero-order valence-electron chi connectivity index (χ0n) is 10.2. The van der Waals surface area contributed by atoms with Gasteiger partial charge in [0, 0.05) is 32.0 Å². The predicted molar refractivity (Wildman–Crippen MR) is 65.6 cm³/mol. The minimum absolute atomic E-state index is 0.292. The van der Waals surface area contributed by atoms with Crippen LogP contribution in [0.5, 0.6) is 0 Å². The fraction of sp³-hybridized carbons (Fsp3) is 0.462. The van der Waals surface area contributed by atoms with Gasteiger partial charge >= 0.3 is 5.97 Å². The van der Waals surface area contributed by atoms with Crippen molar-refractivity contribution in [2.75, 3.05) is 25.2 Å². The highest BCUT2D eigenvalue weighted by Crippen LogP contribution is 2.23. The summed E-state index contributed by atoms with van der Waals surface area (Å²) in [6.45, 7) is 1.43. The summed E-state index contributed by atoms with van der Waals surface area (Å²) in [5, 5.41) is 8.77. The average Bonchev–Trinajstić information content (AvgIpc) is 2.38. The van der Waals surface area contributed by atoms with E-state index in [9.17, 15) is 9.18 Å². The second-order valence-corrected chi connectivity index (χ2v) is 4.42. The summed E-state index contributed by atoms with van der Waals surface area (Å²) in [7, 11) is 1.89. The van der Waals surface area contributed by atoms with Crippen LogP contribution in [0.3, 0.4) is 0 Å². The van der Waals surface area contributed by atoms with Crippen LogP contribution in [0.1, 0.15) is 23.2 Å². The number of benzene rings is 1. The summed E-state index contributed by atoms with van der Waals surface area (Å²) in [5.74, 6) is -1.94. The van der Waals surface area contributed by atoms with Gasteiger partial charge in [-0.1, -0.05) is 0 Å². The van der Waals surface area contributed by atoms with Gasteiger partial charge < -0.3 is 14.7 Å². The van der Waals surface area contributed by atoms with Crippen molar-refractivity contribution in [3.63, 3.8) is 0 Å². The molecule has 1 aromatic rings. The van der Waals surface area contributed by atoms with Crippen LogP contribution < -0.4 is 4.90 Å². The maximum atomic E-state index is 13.6. The fourth-order valence-electron chi connectivity index (χ4n) is 2.18. The fourth-order valence-corrected chi connectivity index (χ4v) is 2.18. The quantitative estimate of drug-likeness (QED) is 0.896. The predicted octanol–water partition coefficient (Wildman–Crippen LogP) is 2.14. The maximum Gasteiger partial charge on any atom is 0.338 e. The molecule has 1 aliphatic heterocycles. The van der Waals surface area contributed by atoms with Crippen LogP contribution in [0, 0.1) is 5.82 Å². The van der Waals surface area contributed by atoms with Crippen LogP contribution in [0.15, 0.2) is 18.2 Å². The van der Waals surface area contributed by atoms with E-state index in [0.717, 1.165) is 12.8 Å². The molecule has 2 rings (SSSR count). The lowest BCUT2D eigenvalue weighted by Gasteiger charge is -2.33. The van der Waals surface area contributed by atoms with Crippen molar-refractivity contribution in [3.05, 3.63) is 29.6 Å². The first kappa shape index (κ1) is 12.8. The van der Waals surface area contributed by atoms with Crippen molar-refractivity contribution in [1.29, 1.82) is 0 Å². The molecule has 0 atom stereocenters. The number of ether oxygens (including phenoxy) is 1. The molecular weight excluding hydrogens is 237 g/mol. The lowest BCUT2D eigenvalue weighted by atomic mass is 10.1. The van der Waals surface area contributed by atoms with Crippen LogP contribution >= 0.6 is 0 Å². The van der Waals surface area contributed by atoms with Gasteiger partial charge in [0.15, 0.2) is 0 Å². The molecule has 1 heterocycles. The summed E-state index contributed by atoms with van der Waals surface area (Å²) in [6, 6.07) is 4.54. The van der Waals surface area contributed by atoms with Crippen molar-refractivity contribution >= 4 is 11.7 Å². The zero-order chi connectivity index (χ0) is 13.1. The Hall–Kier alpha value is -1.62. The third-order valence-electron chi connectivity index (χ3n) is 3.33. The molecule has 4 nitrogen and oxygen atoms in total.